The Balaban J connectivity index is 1.90. The topological polar surface area (TPSA) is 87.9 Å². The molecule has 1 aromatic heterocycles. The lowest BCUT2D eigenvalue weighted by molar-refractivity contribution is -0.137. The summed E-state index contributed by atoms with van der Waals surface area (Å²) in [5.74, 6) is -0.446. The molecule has 3 rings (SSSR count). The van der Waals surface area contributed by atoms with Crippen LogP contribution < -0.4 is 10.1 Å². The molecule has 0 bridgehead atoms. The molecular weight excluding hydrogens is 397 g/mol. The molecule has 2 aromatic carbocycles. The maximum Gasteiger partial charge on any atom is 0.416 e. The van der Waals surface area contributed by atoms with E-state index in [0.29, 0.717) is 5.56 Å². The van der Waals surface area contributed by atoms with Gasteiger partial charge in [0.05, 0.1) is 11.6 Å². The molecule has 0 aliphatic heterocycles. The minimum atomic E-state index is -4.48. The summed E-state index contributed by atoms with van der Waals surface area (Å²) in [5.41, 5.74) is 0.0960. The van der Waals surface area contributed by atoms with Gasteiger partial charge in [0.15, 0.2) is 5.82 Å². The van der Waals surface area contributed by atoms with Gasteiger partial charge in [-0.05, 0) is 17.7 Å². The molecule has 1 heterocycles. The van der Waals surface area contributed by atoms with E-state index in [9.17, 15) is 18.0 Å². The predicted octanol–water partition coefficient (Wildman–Crippen LogP) is 3.99. The van der Waals surface area contributed by atoms with Gasteiger partial charge in [0.2, 0.25) is 5.88 Å². The zero-order valence-electron chi connectivity index (χ0n) is 15.5. The Morgan fingerprint density at radius 1 is 1.13 bits per heavy atom. The molecule has 0 atom stereocenters. The Morgan fingerprint density at radius 2 is 1.90 bits per heavy atom. The molecule has 0 fully saturated rings. The summed E-state index contributed by atoms with van der Waals surface area (Å²) in [6.45, 7) is -0.472. The molecule has 1 amide bonds. The number of hydrogen-bond donors (Lipinski definition) is 1. The third-order valence-corrected chi connectivity index (χ3v) is 3.99. The number of nitrogens with one attached hydrogen (secondary N) is 1. The van der Waals surface area contributed by atoms with Crippen molar-refractivity contribution >= 4 is 5.91 Å². The highest BCUT2D eigenvalue weighted by Crippen LogP contribution is 2.30. The van der Waals surface area contributed by atoms with Gasteiger partial charge in [-0.1, -0.05) is 42.5 Å². The Morgan fingerprint density at radius 3 is 2.60 bits per heavy atom. The van der Waals surface area contributed by atoms with Crippen molar-refractivity contribution in [2.24, 2.45) is 0 Å². The van der Waals surface area contributed by atoms with Crippen molar-refractivity contribution in [3.63, 3.8) is 0 Å². The number of ether oxygens (including phenoxy) is 1. The van der Waals surface area contributed by atoms with Crippen molar-refractivity contribution in [1.29, 1.82) is 5.26 Å². The molecule has 0 aliphatic carbocycles. The second kappa shape index (κ2) is 9.05. The molecular formula is C21H15F3N4O2. The second-order valence-electron chi connectivity index (χ2n) is 6.11. The number of halogens is 3. The largest absolute Gasteiger partial charge is 0.472 e. The average molecular weight is 412 g/mol. The lowest BCUT2D eigenvalue weighted by atomic mass is 10.1. The van der Waals surface area contributed by atoms with Crippen LogP contribution in [0.3, 0.4) is 0 Å². The molecule has 3 aromatic rings. The Kier molecular flexibility index (Phi) is 6.27. The molecule has 0 aliphatic rings. The van der Waals surface area contributed by atoms with Gasteiger partial charge in [-0.25, -0.2) is 4.98 Å². The van der Waals surface area contributed by atoms with E-state index in [1.165, 1.54) is 18.3 Å². The number of nitrogens with zero attached hydrogens (tertiary/aromatic N) is 3. The minimum absolute atomic E-state index is 0.0306. The maximum atomic E-state index is 12.9. The fourth-order valence-corrected chi connectivity index (χ4v) is 2.56. The lowest BCUT2D eigenvalue weighted by Gasteiger charge is -2.12. The summed E-state index contributed by atoms with van der Waals surface area (Å²) >= 11 is 0. The van der Waals surface area contributed by atoms with E-state index < -0.39 is 17.6 Å². The fourth-order valence-electron chi connectivity index (χ4n) is 2.56. The highest BCUT2D eigenvalue weighted by Gasteiger charge is 2.30. The molecule has 152 valence electrons. The van der Waals surface area contributed by atoms with Crippen molar-refractivity contribution < 1.29 is 22.7 Å². The number of alkyl halides is 3. The Labute approximate surface area is 170 Å². The SMILES string of the molecule is N#CCNC(=O)c1cnc(-c2ccccc2)nc1OCc1cccc(C(F)(F)F)c1. The van der Waals surface area contributed by atoms with Gasteiger partial charge in [0.25, 0.3) is 5.91 Å². The van der Waals surface area contributed by atoms with Gasteiger partial charge < -0.3 is 10.1 Å². The van der Waals surface area contributed by atoms with E-state index >= 15 is 0 Å². The number of rotatable bonds is 6. The van der Waals surface area contributed by atoms with Crippen molar-refractivity contribution in [3.8, 4) is 23.3 Å². The molecule has 9 heteroatoms. The summed E-state index contributed by atoms with van der Waals surface area (Å²) < 4.78 is 44.4. The second-order valence-corrected chi connectivity index (χ2v) is 6.11. The van der Waals surface area contributed by atoms with Crippen LogP contribution in [0.2, 0.25) is 0 Å². The standard InChI is InChI=1S/C21H15F3N4O2/c22-21(23,24)16-8-4-5-14(11-16)13-30-20-17(19(29)26-10-9-25)12-27-18(28-20)15-6-2-1-3-7-15/h1-8,11-12H,10,13H2,(H,26,29). The number of carbonyl (C=O) groups is 1. The zero-order valence-corrected chi connectivity index (χ0v) is 15.5. The van der Waals surface area contributed by atoms with Gasteiger partial charge >= 0.3 is 6.18 Å². The van der Waals surface area contributed by atoms with Crippen LogP contribution in [0.15, 0.2) is 60.8 Å². The first-order chi connectivity index (χ1) is 14.4. The van der Waals surface area contributed by atoms with E-state index in [2.05, 4.69) is 15.3 Å². The van der Waals surface area contributed by atoms with Gasteiger partial charge in [-0.2, -0.15) is 23.4 Å². The molecule has 0 radical (unpaired) electrons. The van der Waals surface area contributed by atoms with E-state index in [-0.39, 0.29) is 36.0 Å². The average Bonchev–Trinajstić information content (AvgIpc) is 2.76. The molecule has 30 heavy (non-hydrogen) atoms. The smallest absolute Gasteiger partial charge is 0.416 e. The first-order valence-corrected chi connectivity index (χ1v) is 8.75. The van der Waals surface area contributed by atoms with E-state index in [4.69, 9.17) is 10.00 Å². The summed E-state index contributed by atoms with van der Waals surface area (Å²) in [5, 5.41) is 11.0. The van der Waals surface area contributed by atoms with Crippen LogP contribution in [0.25, 0.3) is 11.4 Å². The van der Waals surface area contributed by atoms with Crippen LogP contribution in [0.1, 0.15) is 21.5 Å². The van der Waals surface area contributed by atoms with Crippen LogP contribution in [-0.2, 0) is 12.8 Å². The van der Waals surface area contributed by atoms with Crippen molar-refractivity contribution in [2.45, 2.75) is 12.8 Å². The van der Waals surface area contributed by atoms with Crippen LogP contribution in [0.5, 0.6) is 5.88 Å². The molecule has 0 spiro atoms. The quantitative estimate of drug-likeness (QED) is 0.619. The number of carbonyl (C=O) groups excluding carboxylic acids is 1. The predicted molar refractivity (Wildman–Crippen MR) is 101 cm³/mol. The van der Waals surface area contributed by atoms with Gasteiger partial charge in [0, 0.05) is 11.8 Å². The van der Waals surface area contributed by atoms with Crippen LogP contribution >= 0.6 is 0 Å². The lowest BCUT2D eigenvalue weighted by Crippen LogP contribution is -2.24. The monoisotopic (exact) mass is 412 g/mol. The highest BCUT2D eigenvalue weighted by molar-refractivity contribution is 5.96. The third-order valence-electron chi connectivity index (χ3n) is 3.99. The summed E-state index contributed by atoms with van der Waals surface area (Å²) in [4.78, 5) is 20.7. The molecule has 1 N–H and O–H groups in total. The first kappa shape index (κ1) is 20.8. The molecule has 0 saturated heterocycles. The fraction of sp³-hybridized carbons (Fsp3) is 0.143. The van der Waals surface area contributed by atoms with Gasteiger partial charge in [-0.3, -0.25) is 4.79 Å². The van der Waals surface area contributed by atoms with E-state index in [0.717, 1.165) is 12.1 Å². The number of nitriles is 1. The van der Waals surface area contributed by atoms with Crippen molar-refractivity contribution in [3.05, 3.63) is 77.5 Å². The first-order valence-electron chi connectivity index (χ1n) is 8.75. The van der Waals surface area contributed by atoms with Crippen molar-refractivity contribution in [1.82, 2.24) is 15.3 Å². The van der Waals surface area contributed by atoms with Crippen LogP contribution in [0.4, 0.5) is 13.2 Å². The minimum Gasteiger partial charge on any atom is -0.472 e. The number of hydrogen-bond acceptors (Lipinski definition) is 5. The van der Waals surface area contributed by atoms with Gasteiger partial charge in [0.1, 0.15) is 18.7 Å². The van der Waals surface area contributed by atoms with E-state index in [1.54, 1.807) is 30.3 Å². The van der Waals surface area contributed by atoms with Crippen molar-refractivity contribution in [2.75, 3.05) is 6.54 Å². The highest BCUT2D eigenvalue weighted by atomic mass is 19.4. The molecule has 0 unspecified atom stereocenters. The molecule has 0 saturated carbocycles. The zero-order chi connectivity index (χ0) is 21.6. The number of benzene rings is 2. The van der Waals surface area contributed by atoms with Crippen LogP contribution in [-0.4, -0.2) is 22.4 Å². The Hall–Kier alpha value is -3.93. The maximum absolute atomic E-state index is 12.9. The summed E-state index contributed by atoms with van der Waals surface area (Å²) in [7, 11) is 0. The molecule has 6 nitrogen and oxygen atoms in total. The van der Waals surface area contributed by atoms with Crippen LogP contribution in [0, 0.1) is 11.3 Å². The Bertz CT molecular complexity index is 1080. The van der Waals surface area contributed by atoms with E-state index in [1.807, 2.05) is 6.07 Å². The summed E-state index contributed by atoms with van der Waals surface area (Å²) in [6.07, 6.45) is -3.22. The third kappa shape index (κ3) is 5.11. The normalized spacial score (nSPS) is 10.9. The number of amides is 1. The van der Waals surface area contributed by atoms with Gasteiger partial charge in [-0.15, -0.1) is 0 Å². The summed E-state index contributed by atoms with van der Waals surface area (Å²) in [6, 6.07) is 15.4. The number of aromatic nitrogens is 2.